The molecule has 2 saturated carbocycles. The molecule has 4 atom stereocenters. The van der Waals surface area contributed by atoms with Crippen LogP contribution in [-0.4, -0.2) is 6.61 Å². The monoisotopic (exact) mass is 454 g/mol. The Kier molecular flexibility index (Phi) is 7.62. The highest BCUT2D eigenvalue weighted by Crippen LogP contribution is 2.48. The van der Waals surface area contributed by atoms with E-state index >= 15 is 8.78 Å². The molecule has 176 valence electrons. The van der Waals surface area contributed by atoms with Gasteiger partial charge in [-0.05, 0) is 111 Å². The van der Waals surface area contributed by atoms with Crippen LogP contribution in [0.2, 0.25) is 0 Å². The van der Waals surface area contributed by atoms with E-state index in [1.807, 2.05) is 6.92 Å². The highest BCUT2D eigenvalue weighted by atomic mass is 19.1. The smallest absolute Gasteiger partial charge is 0.165 e. The molecule has 0 N–H and O–H groups in total. The van der Waals surface area contributed by atoms with Gasteiger partial charge in [-0.2, -0.15) is 0 Å². The van der Waals surface area contributed by atoms with E-state index in [0.29, 0.717) is 11.8 Å². The van der Waals surface area contributed by atoms with E-state index in [9.17, 15) is 4.39 Å². The first-order chi connectivity index (χ1) is 16.0. The van der Waals surface area contributed by atoms with Gasteiger partial charge in [-0.15, -0.1) is 0 Å². The minimum Gasteiger partial charge on any atom is -0.486 e. The van der Waals surface area contributed by atoms with E-state index in [0.717, 1.165) is 36.8 Å². The van der Waals surface area contributed by atoms with Crippen LogP contribution in [-0.2, 0) is 0 Å². The molecule has 0 aliphatic heterocycles. The molecule has 2 aliphatic rings. The maximum absolute atomic E-state index is 15.1. The van der Waals surface area contributed by atoms with Gasteiger partial charge in [0, 0.05) is 0 Å². The molecule has 4 heteroatoms. The van der Waals surface area contributed by atoms with Crippen LogP contribution in [0.15, 0.2) is 54.6 Å². The topological polar surface area (TPSA) is 9.23 Å². The van der Waals surface area contributed by atoms with E-state index in [2.05, 4.69) is 19.1 Å². The van der Waals surface area contributed by atoms with Crippen LogP contribution in [0.1, 0.15) is 63.9 Å². The Morgan fingerprint density at radius 3 is 2.27 bits per heavy atom. The maximum Gasteiger partial charge on any atom is 0.165 e. The first kappa shape index (κ1) is 23.7. The van der Waals surface area contributed by atoms with Crippen molar-refractivity contribution in [3.63, 3.8) is 0 Å². The highest BCUT2D eigenvalue weighted by Gasteiger charge is 2.35. The van der Waals surface area contributed by atoms with Crippen LogP contribution in [0.4, 0.5) is 13.2 Å². The van der Waals surface area contributed by atoms with Crippen LogP contribution in [0, 0.1) is 35.2 Å². The predicted molar refractivity (Wildman–Crippen MR) is 128 cm³/mol. The molecule has 2 aromatic rings. The lowest BCUT2D eigenvalue weighted by molar-refractivity contribution is 0.133. The summed E-state index contributed by atoms with van der Waals surface area (Å²) in [5.74, 6) is 0.393. The molecule has 0 saturated heterocycles. The first-order valence-electron chi connectivity index (χ1n) is 12.2. The number of allylic oxidation sites excluding steroid dienone is 3. The summed E-state index contributed by atoms with van der Waals surface area (Å²) < 4.78 is 50.0. The number of hydrogen-bond acceptors (Lipinski definition) is 1. The summed E-state index contributed by atoms with van der Waals surface area (Å²) in [6.07, 6.45) is 14.8. The van der Waals surface area contributed by atoms with Gasteiger partial charge >= 0.3 is 0 Å². The van der Waals surface area contributed by atoms with Crippen LogP contribution in [0.25, 0.3) is 11.1 Å². The Morgan fingerprint density at radius 2 is 1.58 bits per heavy atom. The van der Waals surface area contributed by atoms with Crippen LogP contribution >= 0.6 is 0 Å². The van der Waals surface area contributed by atoms with Gasteiger partial charge in [-0.25, -0.2) is 13.2 Å². The van der Waals surface area contributed by atoms with Gasteiger partial charge in [0.25, 0.3) is 0 Å². The van der Waals surface area contributed by atoms with Crippen molar-refractivity contribution >= 4 is 0 Å². The molecular formula is C29H33F3O. The zero-order valence-electron chi connectivity index (χ0n) is 19.5. The maximum atomic E-state index is 15.1. The predicted octanol–water partition coefficient (Wildman–Crippen LogP) is 8.60. The van der Waals surface area contributed by atoms with Crippen molar-refractivity contribution in [1.29, 1.82) is 0 Å². The number of ether oxygens (including phenoxy) is 1. The van der Waals surface area contributed by atoms with Crippen molar-refractivity contribution in [3.05, 3.63) is 77.7 Å². The number of benzene rings is 2. The summed E-state index contributed by atoms with van der Waals surface area (Å²) in [6.45, 7) is 4.17. The molecule has 4 unspecified atom stereocenters. The van der Waals surface area contributed by atoms with E-state index in [1.54, 1.807) is 12.2 Å². The third-order valence-corrected chi connectivity index (χ3v) is 7.45. The van der Waals surface area contributed by atoms with E-state index in [1.165, 1.54) is 43.5 Å². The molecule has 0 bridgehead atoms. The lowest BCUT2D eigenvalue weighted by atomic mass is 9.64. The van der Waals surface area contributed by atoms with E-state index in [-0.39, 0.29) is 29.4 Å². The second kappa shape index (κ2) is 10.6. The quantitative estimate of drug-likeness (QED) is 0.397. The molecule has 2 fully saturated rings. The van der Waals surface area contributed by atoms with Crippen molar-refractivity contribution in [2.45, 2.75) is 58.3 Å². The van der Waals surface area contributed by atoms with Crippen LogP contribution in [0.3, 0.4) is 0 Å². The summed E-state index contributed by atoms with van der Waals surface area (Å²) in [6, 6.07) is 6.99. The van der Waals surface area contributed by atoms with E-state index in [4.69, 9.17) is 4.74 Å². The number of fused-ring (bicyclic) bond motifs is 1. The molecule has 0 radical (unpaired) electrons. The number of rotatable bonds is 6. The van der Waals surface area contributed by atoms with Gasteiger partial charge in [-0.3, -0.25) is 0 Å². The summed E-state index contributed by atoms with van der Waals surface area (Å²) in [4.78, 5) is 0. The Labute approximate surface area is 195 Å². The van der Waals surface area contributed by atoms with E-state index < -0.39 is 17.5 Å². The van der Waals surface area contributed by atoms with Gasteiger partial charge in [0.15, 0.2) is 11.6 Å². The highest BCUT2D eigenvalue weighted by molar-refractivity contribution is 5.66. The third-order valence-electron chi connectivity index (χ3n) is 7.45. The van der Waals surface area contributed by atoms with Crippen molar-refractivity contribution in [2.24, 2.45) is 17.8 Å². The molecule has 2 aliphatic carbocycles. The molecule has 2 aromatic carbocycles. The summed E-state index contributed by atoms with van der Waals surface area (Å²) in [7, 11) is 0. The number of hydrogen-bond donors (Lipinski definition) is 0. The third kappa shape index (κ3) is 5.37. The molecule has 0 amide bonds. The second-order valence-electron chi connectivity index (χ2n) is 9.51. The van der Waals surface area contributed by atoms with Crippen LogP contribution < -0.4 is 4.74 Å². The molecule has 33 heavy (non-hydrogen) atoms. The van der Waals surface area contributed by atoms with Gasteiger partial charge in [0.1, 0.15) is 18.2 Å². The minimum absolute atomic E-state index is 0.0650. The second-order valence-corrected chi connectivity index (χ2v) is 9.51. The fourth-order valence-corrected chi connectivity index (χ4v) is 5.79. The fourth-order valence-electron chi connectivity index (χ4n) is 5.79. The first-order valence-corrected chi connectivity index (χ1v) is 12.2. The van der Waals surface area contributed by atoms with Crippen molar-refractivity contribution in [2.75, 3.05) is 6.61 Å². The molecular weight excluding hydrogens is 421 g/mol. The van der Waals surface area contributed by atoms with Gasteiger partial charge in [-0.1, -0.05) is 30.4 Å². The molecule has 0 aromatic heterocycles. The number of halogens is 3. The van der Waals surface area contributed by atoms with Gasteiger partial charge in [0.2, 0.25) is 0 Å². The Morgan fingerprint density at radius 1 is 0.848 bits per heavy atom. The van der Waals surface area contributed by atoms with Crippen molar-refractivity contribution in [1.82, 2.24) is 0 Å². The molecule has 0 heterocycles. The summed E-state index contributed by atoms with van der Waals surface area (Å²) in [5.41, 5.74) is 0.728. The SMILES string of the molecule is C/C=C/COc1ccc(-c2c(F)cc(C3CCC4CC(/C=C/C)CCC4C3)cc2F)cc1F. The summed E-state index contributed by atoms with van der Waals surface area (Å²) >= 11 is 0. The van der Waals surface area contributed by atoms with Gasteiger partial charge in [0.05, 0.1) is 5.56 Å². The zero-order chi connectivity index (χ0) is 23.4. The molecule has 0 spiro atoms. The normalized spacial score (nSPS) is 25.5. The minimum atomic E-state index is -0.633. The Balaban J connectivity index is 1.50. The lowest BCUT2D eigenvalue weighted by Gasteiger charge is -2.42. The Hall–Kier alpha value is -2.49. The average molecular weight is 455 g/mol. The molecule has 1 nitrogen and oxygen atoms in total. The fraction of sp³-hybridized carbons (Fsp3) is 0.448. The summed E-state index contributed by atoms with van der Waals surface area (Å²) in [5, 5.41) is 0. The van der Waals surface area contributed by atoms with Crippen LogP contribution in [0.5, 0.6) is 5.75 Å². The van der Waals surface area contributed by atoms with Crippen molar-refractivity contribution in [3.8, 4) is 16.9 Å². The average Bonchev–Trinajstić information content (AvgIpc) is 2.80. The standard InChI is InChI=1S/C29H33F3O/c1-3-5-13-33-28-12-11-23(16-25(28)30)29-26(31)17-24(18-27(29)32)22-10-9-20-14-19(6-4-2)7-8-21(20)15-22/h3-6,11-12,16-22H,7-10,13-15H2,1-2H3/b5-3+,6-4+. The Bertz CT molecular complexity index is 1000. The largest absolute Gasteiger partial charge is 0.486 e. The van der Waals surface area contributed by atoms with Gasteiger partial charge < -0.3 is 4.74 Å². The van der Waals surface area contributed by atoms with Crippen molar-refractivity contribution < 1.29 is 17.9 Å². The molecule has 4 rings (SSSR count). The zero-order valence-corrected chi connectivity index (χ0v) is 19.5. The lowest BCUT2D eigenvalue weighted by Crippen LogP contribution is -2.30.